The van der Waals surface area contributed by atoms with E-state index in [2.05, 4.69) is 14.2 Å². The number of carbonyl (C=O) groups excluding carboxylic acids is 2. The highest BCUT2D eigenvalue weighted by Gasteiger charge is 2.20. The Morgan fingerprint density at radius 2 is 1.42 bits per heavy atom. The minimum Gasteiger partial charge on any atom is -0.465 e. The van der Waals surface area contributed by atoms with Crippen LogP contribution in [0.4, 0.5) is 14.5 Å². The lowest BCUT2D eigenvalue weighted by atomic mass is 10.1. The molecule has 0 bridgehead atoms. The van der Waals surface area contributed by atoms with Gasteiger partial charge in [-0.25, -0.2) is 26.8 Å². The zero-order valence-electron chi connectivity index (χ0n) is 13.6. The molecule has 138 valence electrons. The summed E-state index contributed by atoms with van der Waals surface area (Å²) in [5, 5.41) is 0. The molecule has 1 N–H and O–H groups in total. The van der Waals surface area contributed by atoms with Crippen LogP contribution in [0.25, 0.3) is 0 Å². The Bertz CT molecular complexity index is 940. The maximum atomic E-state index is 13.3. The number of hydrogen-bond acceptors (Lipinski definition) is 6. The zero-order chi connectivity index (χ0) is 19.5. The van der Waals surface area contributed by atoms with Crippen molar-refractivity contribution < 1.29 is 36.3 Å². The van der Waals surface area contributed by atoms with Crippen molar-refractivity contribution in [3.63, 3.8) is 0 Å². The second-order valence-electron chi connectivity index (χ2n) is 4.96. The van der Waals surface area contributed by atoms with Crippen molar-refractivity contribution in [2.24, 2.45) is 0 Å². The first-order valence-corrected chi connectivity index (χ1v) is 8.46. The molecule has 0 spiro atoms. The highest BCUT2D eigenvalue weighted by molar-refractivity contribution is 7.92. The van der Waals surface area contributed by atoms with Crippen molar-refractivity contribution in [3.05, 3.63) is 59.2 Å². The van der Waals surface area contributed by atoms with Gasteiger partial charge in [0, 0.05) is 0 Å². The molecule has 2 rings (SSSR count). The SMILES string of the molecule is COC(=O)c1cc(NS(=O)(=O)c2ccc(F)c(F)c2)cc(C(=O)OC)c1. The van der Waals surface area contributed by atoms with Crippen molar-refractivity contribution in [3.8, 4) is 0 Å². The highest BCUT2D eigenvalue weighted by Crippen LogP contribution is 2.22. The molecule has 7 nitrogen and oxygen atoms in total. The van der Waals surface area contributed by atoms with Gasteiger partial charge >= 0.3 is 11.9 Å². The molecule has 2 aromatic rings. The van der Waals surface area contributed by atoms with Crippen LogP contribution in [0.2, 0.25) is 0 Å². The summed E-state index contributed by atoms with van der Waals surface area (Å²) in [5.41, 5.74) is -0.394. The first kappa shape index (κ1) is 19.3. The van der Waals surface area contributed by atoms with E-state index in [4.69, 9.17) is 0 Å². The lowest BCUT2D eigenvalue weighted by Crippen LogP contribution is -2.15. The molecule has 0 fully saturated rings. The minimum absolute atomic E-state index is 0.113. The number of benzene rings is 2. The number of sulfonamides is 1. The number of halogens is 2. The number of nitrogens with one attached hydrogen (secondary N) is 1. The van der Waals surface area contributed by atoms with Gasteiger partial charge in [-0.05, 0) is 36.4 Å². The van der Waals surface area contributed by atoms with Crippen LogP contribution in [0.1, 0.15) is 20.7 Å². The number of carbonyl (C=O) groups is 2. The number of rotatable bonds is 5. The summed E-state index contributed by atoms with van der Waals surface area (Å²) in [6.45, 7) is 0. The fourth-order valence-electron chi connectivity index (χ4n) is 2.02. The van der Waals surface area contributed by atoms with Gasteiger partial charge in [-0.3, -0.25) is 4.72 Å². The van der Waals surface area contributed by atoms with Crippen LogP contribution in [-0.2, 0) is 19.5 Å². The molecule has 0 aromatic heterocycles. The van der Waals surface area contributed by atoms with Crippen LogP contribution < -0.4 is 4.72 Å². The number of ether oxygens (including phenoxy) is 2. The molecular weight excluding hydrogens is 372 g/mol. The zero-order valence-corrected chi connectivity index (χ0v) is 14.4. The van der Waals surface area contributed by atoms with E-state index in [0.717, 1.165) is 38.5 Å². The van der Waals surface area contributed by atoms with E-state index in [1.165, 1.54) is 0 Å². The maximum absolute atomic E-state index is 13.3. The smallest absolute Gasteiger partial charge is 0.337 e. The molecule has 0 amide bonds. The van der Waals surface area contributed by atoms with Crippen LogP contribution in [-0.4, -0.2) is 34.6 Å². The Morgan fingerprint density at radius 1 is 0.885 bits per heavy atom. The first-order chi connectivity index (χ1) is 12.2. The Kier molecular flexibility index (Phi) is 5.56. The average molecular weight is 385 g/mol. The Balaban J connectivity index is 2.48. The topological polar surface area (TPSA) is 98.8 Å². The molecule has 0 saturated heterocycles. The van der Waals surface area contributed by atoms with E-state index in [9.17, 15) is 26.8 Å². The summed E-state index contributed by atoms with van der Waals surface area (Å²) in [6.07, 6.45) is 0. The Hall–Kier alpha value is -3.01. The van der Waals surface area contributed by atoms with Crippen molar-refractivity contribution in [1.29, 1.82) is 0 Å². The molecule has 0 aliphatic carbocycles. The number of anilines is 1. The van der Waals surface area contributed by atoms with E-state index >= 15 is 0 Å². The van der Waals surface area contributed by atoms with E-state index in [0.29, 0.717) is 12.1 Å². The second kappa shape index (κ2) is 7.48. The molecule has 2 aromatic carbocycles. The molecular formula is C16H13F2NO6S. The fourth-order valence-corrected chi connectivity index (χ4v) is 3.07. The van der Waals surface area contributed by atoms with Crippen LogP contribution in [0.5, 0.6) is 0 Å². The van der Waals surface area contributed by atoms with E-state index in [-0.39, 0.29) is 16.8 Å². The van der Waals surface area contributed by atoms with Gasteiger partial charge in [0.2, 0.25) is 0 Å². The Morgan fingerprint density at radius 3 is 1.88 bits per heavy atom. The number of methoxy groups -OCH3 is 2. The van der Waals surface area contributed by atoms with Gasteiger partial charge in [0.25, 0.3) is 10.0 Å². The molecule has 0 radical (unpaired) electrons. The molecule has 26 heavy (non-hydrogen) atoms. The largest absolute Gasteiger partial charge is 0.465 e. The average Bonchev–Trinajstić information content (AvgIpc) is 2.61. The quantitative estimate of drug-likeness (QED) is 0.794. The summed E-state index contributed by atoms with van der Waals surface area (Å²) in [5.74, 6) is -4.18. The summed E-state index contributed by atoms with van der Waals surface area (Å²) < 4.78 is 62.1. The molecule has 0 heterocycles. The molecule has 0 unspecified atom stereocenters. The summed E-state index contributed by atoms with van der Waals surface area (Å²) in [4.78, 5) is 22.9. The van der Waals surface area contributed by atoms with E-state index < -0.39 is 38.5 Å². The highest BCUT2D eigenvalue weighted by atomic mass is 32.2. The normalized spacial score (nSPS) is 10.9. The van der Waals surface area contributed by atoms with E-state index in [1.54, 1.807) is 0 Å². The van der Waals surface area contributed by atoms with Gasteiger partial charge in [-0.1, -0.05) is 0 Å². The number of esters is 2. The third kappa shape index (κ3) is 4.14. The summed E-state index contributed by atoms with van der Waals surface area (Å²) >= 11 is 0. The maximum Gasteiger partial charge on any atom is 0.337 e. The van der Waals surface area contributed by atoms with Crippen molar-refractivity contribution in [2.45, 2.75) is 4.90 Å². The lowest BCUT2D eigenvalue weighted by Gasteiger charge is -2.11. The van der Waals surface area contributed by atoms with Gasteiger partial charge in [0.15, 0.2) is 11.6 Å². The van der Waals surface area contributed by atoms with Gasteiger partial charge < -0.3 is 9.47 Å². The van der Waals surface area contributed by atoms with Crippen LogP contribution in [0, 0.1) is 11.6 Å². The molecule has 0 atom stereocenters. The third-order valence-corrected chi connectivity index (χ3v) is 4.61. The monoisotopic (exact) mass is 385 g/mol. The molecule has 10 heteroatoms. The van der Waals surface area contributed by atoms with E-state index in [1.807, 2.05) is 0 Å². The lowest BCUT2D eigenvalue weighted by molar-refractivity contribution is 0.0599. The van der Waals surface area contributed by atoms with Crippen LogP contribution in [0.15, 0.2) is 41.3 Å². The van der Waals surface area contributed by atoms with Crippen LogP contribution in [0.3, 0.4) is 0 Å². The predicted octanol–water partition coefficient (Wildman–Crippen LogP) is 2.34. The molecule has 0 aliphatic rings. The molecule has 0 aliphatic heterocycles. The first-order valence-electron chi connectivity index (χ1n) is 6.97. The van der Waals surface area contributed by atoms with Gasteiger partial charge in [0.05, 0.1) is 35.9 Å². The second-order valence-corrected chi connectivity index (χ2v) is 6.65. The van der Waals surface area contributed by atoms with Gasteiger partial charge in [0.1, 0.15) is 0 Å². The van der Waals surface area contributed by atoms with Gasteiger partial charge in [-0.15, -0.1) is 0 Å². The van der Waals surface area contributed by atoms with Crippen molar-refractivity contribution in [2.75, 3.05) is 18.9 Å². The fraction of sp³-hybridized carbons (Fsp3) is 0.125. The summed E-state index contributed by atoms with van der Waals surface area (Å²) in [7, 11) is -2.09. The molecule has 0 saturated carbocycles. The van der Waals surface area contributed by atoms with Crippen molar-refractivity contribution >= 4 is 27.6 Å². The minimum atomic E-state index is -4.31. The standard InChI is InChI=1S/C16H13F2NO6S/c1-24-15(20)9-5-10(16(21)25-2)7-11(6-9)19-26(22,23)12-3-4-13(17)14(18)8-12/h3-8,19H,1-2H3. The number of hydrogen-bond donors (Lipinski definition) is 1. The van der Waals surface area contributed by atoms with Gasteiger partial charge in [-0.2, -0.15) is 0 Å². The Labute approximate surface area is 147 Å². The van der Waals surface area contributed by atoms with Crippen LogP contribution >= 0.6 is 0 Å². The van der Waals surface area contributed by atoms with Crippen molar-refractivity contribution in [1.82, 2.24) is 0 Å². The summed E-state index contributed by atoms with van der Waals surface area (Å²) in [6, 6.07) is 5.43. The third-order valence-electron chi connectivity index (χ3n) is 3.23. The predicted molar refractivity (Wildman–Crippen MR) is 86.3 cm³/mol.